The number of piperazine rings is 1. The molecule has 3 aliphatic rings. The highest BCUT2D eigenvalue weighted by Gasteiger charge is 2.32. The van der Waals surface area contributed by atoms with Crippen molar-refractivity contribution in [2.75, 3.05) is 38.5 Å². The quantitative estimate of drug-likeness (QED) is 0.762. The van der Waals surface area contributed by atoms with E-state index in [-0.39, 0.29) is 11.8 Å². The molecule has 2 N–H and O–H groups in total. The summed E-state index contributed by atoms with van der Waals surface area (Å²) in [6.07, 6.45) is 4.52. The summed E-state index contributed by atoms with van der Waals surface area (Å²) in [5.74, 6) is 0.148. The number of carbonyl (C=O) groups excluding carboxylic acids is 2. The molecule has 0 saturated carbocycles. The van der Waals surface area contributed by atoms with Gasteiger partial charge in [0.15, 0.2) is 0 Å². The van der Waals surface area contributed by atoms with E-state index in [1.54, 1.807) is 12.1 Å². The highest BCUT2D eigenvalue weighted by atomic mass is 16.2. The topological polar surface area (TPSA) is 69.9 Å². The predicted octanol–water partition coefficient (Wildman–Crippen LogP) is 2.78. The number of carbonyl (C=O) groups is 2. The zero-order chi connectivity index (χ0) is 21.4. The molecule has 2 amide bonds. The minimum Gasteiger partial charge on any atom is -0.399 e. The smallest absolute Gasteiger partial charge is 0.254 e. The van der Waals surface area contributed by atoms with Crippen LogP contribution in [-0.4, -0.2) is 65.3 Å². The molecule has 1 atom stereocenters. The predicted molar refractivity (Wildman–Crippen MR) is 121 cm³/mol. The zero-order valence-electron chi connectivity index (χ0n) is 17.9. The van der Waals surface area contributed by atoms with Crippen molar-refractivity contribution >= 4 is 17.5 Å². The van der Waals surface area contributed by atoms with Gasteiger partial charge in [-0.2, -0.15) is 0 Å². The largest absolute Gasteiger partial charge is 0.399 e. The van der Waals surface area contributed by atoms with Crippen LogP contribution in [0.25, 0.3) is 0 Å². The normalized spacial score (nSPS) is 21.4. The Labute approximate surface area is 183 Å². The van der Waals surface area contributed by atoms with Crippen LogP contribution in [0.15, 0.2) is 42.5 Å². The number of nitrogen functional groups attached to an aromatic ring is 1. The monoisotopic (exact) mass is 418 g/mol. The fourth-order valence-electron chi connectivity index (χ4n) is 5.24. The molecule has 0 radical (unpaired) electrons. The molecule has 2 fully saturated rings. The molecule has 6 nitrogen and oxygen atoms in total. The van der Waals surface area contributed by atoms with Gasteiger partial charge in [0.25, 0.3) is 11.8 Å². The summed E-state index contributed by atoms with van der Waals surface area (Å²) < 4.78 is 0. The lowest BCUT2D eigenvalue weighted by Gasteiger charge is -2.44. The molecule has 0 aromatic heterocycles. The van der Waals surface area contributed by atoms with Crippen LogP contribution in [0.5, 0.6) is 0 Å². The summed E-state index contributed by atoms with van der Waals surface area (Å²) in [5, 5.41) is 0. The number of piperidine rings is 1. The van der Waals surface area contributed by atoms with Gasteiger partial charge in [-0.15, -0.1) is 0 Å². The Morgan fingerprint density at radius 2 is 1.68 bits per heavy atom. The second-order valence-corrected chi connectivity index (χ2v) is 9.02. The van der Waals surface area contributed by atoms with Crippen LogP contribution >= 0.6 is 0 Å². The maximum absolute atomic E-state index is 13.2. The molecule has 3 heterocycles. The number of amides is 2. The van der Waals surface area contributed by atoms with E-state index in [0.717, 1.165) is 37.2 Å². The molecule has 2 saturated heterocycles. The molecule has 0 aliphatic carbocycles. The number of anilines is 1. The van der Waals surface area contributed by atoms with Gasteiger partial charge in [0.1, 0.15) is 0 Å². The summed E-state index contributed by atoms with van der Waals surface area (Å²) in [7, 11) is 0. The van der Waals surface area contributed by atoms with Crippen LogP contribution in [0.3, 0.4) is 0 Å². The second kappa shape index (κ2) is 8.35. The number of rotatable bonds is 2. The maximum Gasteiger partial charge on any atom is 0.254 e. The third-order valence-electron chi connectivity index (χ3n) is 7.01. The van der Waals surface area contributed by atoms with Crippen molar-refractivity contribution in [2.45, 2.75) is 38.3 Å². The van der Waals surface area contributed by atoms with Crippen LogP contribution in [0.4, 0.5) is 5.69 Å². The van der Waals surface area contributed by atoms with Gasteiger partial charge >= 0.3 is 0 Å². The van der Waals surface area contributed by atoms with E-state index >= 15 is 0 Å². The van der Waals surface area contributed by atoms with E-state index in [0.29, 0.717) is 30.4 Å². The first kappa shape index (κ1) is 20.1. The Hall–Kier alpha value is -2.86. The summed E-state index contributed by atoms with van der Waals surface area (Å²) in [6, 6.07) is 13.7. The molecule has 0 bridgehead atoms. The molecule has 0 spiro atoms. The minimum atomic E-state index is 0.00320. The van der Waals surface area contributed by atoms with E-state index in [2.05, 4.69) is 4.90 Å². The van der Waals surface area contributed by atoms with Crippen molar-refractivity contribution in [3.63, 3.8) is 0 Å². The summed E-state index contributed by atoms with van der Waals surface area (Å²) in [6.45, 7) is 5.04. The minimum absolute atomic E-state index is 0.00320. The summed E-state index contributed by atoms with van der Waals surface area (Å²) in [5.41, 5.74) is 10.1. The van der Waals surface area contributed by atoms with E-state index in [1.165, 1.54) is 31.4 Å². The number of hydrogen-bond donors (Lipinski definition) is 1. The number of hydrogen-bond acceptors (Lipinski definition) is 4. The molecule has 1 unspecified atom stereocenters. The summed E-state index contributed by atoms with van der Waals surface area (Å²) >= 11 is 0. The highest BCUT2D eigenvalue weighted by molar-refractivity contribution is 5.96. The Bertz CT molecular complexity index is 1000. The van der Waals surface area contributed by atoms with Crippen molar-refractivity contribution < 1.29 is 9.59 Å². The van der Waals surface area contributed by atoms with Gasteiger partial charge < -0.3 is 15.5 Å². The van der Waals surface area contributed by atoms with E-state index in [1.807, 2.05) is 40.1 Å². The molecular weight excluding hydrogens is 388 g/mol. The first-order valence-electron chi connectivity index (χ1n) is 11.4. The Morgan fingerprint density at radius 1 is 0.839 bits per heavy atom. The standard InChI is InChI=1S/C25H30N4O2/c26-22-5-3-4-19(15-22)24(30)28-11-9-18-14-20(7-8-21(18)16-28)25(31)29-13-12-27-10-2-1-6-23(27)17-29/h3-5,7-8,14-15,23H,1-2,6,9-13,16-17,26H2. The number of nitrogens with zero attached hydrogens (tertiary/aromatic N) is 3. The van der Waals surface area contributed by atoms with E-state index < -0.39 is 0 Å². The first-order chi connectivity index (χ1) is 15.1. The van der Waals surface area contributed by atoms with E-state index in [4.69, 9.17) is 5.73 Å². The van der Waals surface area contributed by atoms with Crippen molar-refractivity contribution in [3.8, 4) is 0 Å². The van der Waals surface area contributed by atoms with Crippen molar-refractivity contribution in [1.29, 1.82) is 0 Å². The second-order valence-electron chi connectivity index (χ2n) is 9.02. The van der Waals surface area contributed by atoms with Gasteiger partial charge in [0.2, 0.25) is 0 Å². The number of fused-ring (bicyclic) bond motifs is 2. The number of nitrogens with two attached hydrogens (primary N) is 1. The van der Waals surface area contributed by atoms with Crippen LogP contribution in [-0.2, 0) is 13.0 Å². The first-order valence-corrected chi connectivity index (χ1v) is 11.4. The van der Waals surface area contributed by atoms with Crippen molar-refractivity contribution in [1.82, 2.24) is 14.7 Å². The molecule has 2 aromatic rings. The molecule has 5 rings (SSSR count). The van der Waals surface area contributed by atoms with Gasteiger partial charge in [0.05, 0.1) is 0 Å². The average Bonchev–Trinajstić information content (AvgIpc) is 2.82. The average molecular weight is 419 g/mol. The van der Waals surface area contributed by atoms with E-state index in [9.17, 15) is 9.59 Å². The molecular formula is C25H30N4O2. The van der Waals surface area contributed by atoms with Gasteiger partial charge in [-0.3, -0.25) is 14.5 Å². The van der Waals surface area contributed by atoms with Crippen molar-refractivity contribution in [3.05, 3.63) is 64.7 Å². The molecule has 2 aromatic carbocycles. The molecule has 31 heavy (non-hydrogen) atoms. The van der Waals surface area contributed by atoms with Crippen LogP contribution < -0.4 is 5.73 Å². The SMILES string of the molecule is Nc1cccc(C(=O)N2CCc3cc(C(=O)N4CCN5CCCCC5C4)ccc3C2)c1. The van der Waals surface area contributed by atoms with Crippen LogP contribution in [0.1, 0.15) is 51.1 Å². The fourth-order valence-corrected chi connectivity index (χ4v) is 5.24. The molecule has 6 heteroatoms. The third kappa shape index (κ3) is 4.04. The van der Waals surface area contributed by atoms with Crippen molar-refractivity contribution in [2.24, 2.45) is 0 Å². The summed E-state index contributed by atoms with van der Waals surface area (Å²) in [4.78, 5) is 32.5. The van der Waals surface area contributed by atoms with Gasteiger partial charge in [-0.25, -0.2) is 0 Å². The third-order valence-corrected chi connectivity index (χ3v) is 7.01. The van der Waals surface area contributed by atoms with Gasteiger partial charge in [-0.1, -0.05) is 18.6 Å². The highest BCUT2D eigenvalue weighted by Crippen LogP contribution is 2.25. The van der Waals surface area contributed by atoms with Crippen LogP contribution in [0.2, 0.25) is 0 Å². The lowest BCUT2D eigenvalue weighted by atomic mass is 9.95. The Morgan fingerprint density at radius 3 is 2.55 bits per heavy atom. The molecule has 162 valence electrons. The lowest BCUT2D eigenvalue weighted by Crippen LogP contribution is -2.56. The molecule has 3 aliphatic heterocycles. The van der Waals surface area contributed by atoms with Crippen LogP contribution in [0, 0.1) is 0 Å². The Kier molecular flexibility index (Phi) is 5.40. The number of benzene rings is 2. The van der Waals surface area contributed by atoms with Gasteiger partial charge in [-0.05, 0) is 67.3 Å². The lowest BCUT2D eigenvalue weighted by molar-refractivity contribution is 0.0372. The Balaban J connectivity index is 1.27. The maximum atomic E-state index is 13.2. The fraction of sp³-hybridized carbons (Fsp3) is 0.440. The van der Waals surface area contributed by atoms with Gasteiger partial charge in [0, 0.05) is 55.6 Å². The zero-order valence-corrected chi connectivity index (χ0v) is 17.9.